The van der Waals surface area contributed by atoms with E-state index in [4.69, 9.17) is 16.3 Å². The van der Waals surface area contributed by atoms with Crippen molar-refractivity contribution in [1.82, 2.24) is 25.1 Å². The number of H-pyrrole nitrogens is 1. The summed E-state index contributed by atoms with van der Waals surface area (Å²) in [6, 6.07) is 3.40. The zero-order valence-electron chi connectivity index (χ0n) is 27.7. The summed E-state index contributed by atoms with van der Waals surface area (Å²) in [5.41, 5.74) is 4.69. The minimum Gasteiger partial charge on any atom is -0.466 e. The Labute approximate surface area is 268 Å². The van der Waals surface area contributed by atoms with Crippen LogP contribution in [0.1, 0.15) is 128 Å². The number of urea groups is 1. The number of esters is 1. The van der Waals surface area contributed by atoms with Crippen molar-refractivity contribution in [3.63, 3.8) is 0 Å². The topological polar surface area (TPSA) is 113 Å². The van der Waals surface area contributed by atoms with Crippen molar-refractivity contribution in [2.24, 2.45) is 0 Å². The number of benzene rings is 1. The van der Waals surface area contributed by atoms with E-state index in [-0.39, 0.29) is 30.4 Å². The molecule has 3 N–H and O–H groups in total. The molecular formula is C34H53ClN6O3. The molecule has 0 fully saturated rings. The summed E-state index contributed by atoms with van der Waals surface area (Å²) >= 11 is 6.60. The Morgan fingerprint density at radius 3 is 2.02 bits per heavy atom. The number of halogens is 1. The maximum atomic E-state index is 12.5. The van der Waals surface area contributed by atoms with Crippen LogP contribution in [0.4, 0.5) is 10.5 Å². The predicted octanol–water partition coefficient (Wildman–Crippen LogP) is 9.05. The number of fused-ring (bicyclic) bond motifs is 1. The number of ether oxygens (including phenoxy) is 1. The van der Waals surface area contributed by atoms with E-state index >= 15 is 0 Å². The predicted molar refractivity (Wildman–Crippen MR) is 180 cm³/mol. The van der Waals surface area contributed by atoms with Crippen LogP contribution in [0.25, 0.3) is 17.0 Å². The van der Waals surface area contributed by atoms with E-state index in [2.05, 4.69) is 53.5 Å². The standard InChI is InChI=1S/C34H53ClN6O3/c1-7-8-9-10-11-12-13-14-15-16-17-18-21-44-27(42)19-20-36-33(43)37-26-22-24(2)28(25(3)23-26)31-38-32-29(35)30(34(4,5)6)39-41(32)40-31/h22-23H,7-21H2,1-6H3,(H,38,40)(H2,36,37,43). The normalized spacial score (nSPS) is 11.7. The highest BCUT2D eigenvalue weighted by Crippen LogP contribution is 2.33. The van der Waals surface area contributed by atoms with Crippen LogP contribution in [-0.4, -0.2) is 45.0 Å². The Hall–Kier alpha value is -3.07. The molecule has 3 aromatic rings. The smallest absolute Gasteiger partial charge is 0.319 e. The minimum atomic E-state index is -0.372. The SMILES string of the molecule is CCCCCCCCCCCCCCOC(=O)CCNC(=O)Nc1cc(C)c(-c2nn3nc(C(C)(C)C)c(Cl)c3[nH]2)c(C)c1. The minimum absolute atomic E-state index is 0.141. The highest BCUT2D eigenvalue weighted by atomic mass is 35.5. The van der Waals surface area contributed by atoms with Crippen LogP contribution in [0.3, 0.4) is 0 Å². The first kappa shape index (κ1) is 35.4. The molecule has 44 heavy (non-hydrogen) atoms. The molecule has 2 amide bonds. The molecule has 0 saturated carbocycles. The van der Waals surface area contributed by atoms with E-state index in [1.165, 1.54) is 64.2 Å². The lowest BCUT2D eigenvalue weighted by Gasteiger charge is -2.15. The highest BCUT2D eigenvalue weighted by molar-refractivity contribution is 6.34. The Morgan fingerprint density at radius 1 is 0.909 bits per heavy atom. The number of hydrogen-bond acceptors (Lipinski definition) is 5. The van der Waals surface area contributed by atoms with Crippen molar-refractivity contribution >= 4 is 34.9 Å². The van der Waals surface area contributed by atoms with Crippen LogP contribution in [0, 0.1) is 13.8 Å². The average molecular weight is 629 g/mol. The first-order valence-corrected chi connectivity index (χ1v) is 16.9. The van der Waals surface area contributed by atoms with E-state index in [1.54, 1.807) is 4.63 Å². The molecule has 0 spiro atoms. The first-order chi connectivity index (χ1) is 21.0. The molecule has 0 radical (unpaired) electrons. The molecule has 1 aromatic carbocycles. The van der Waals surface area contributed by atoms with Crippen molar-refractivity contribution in [3.05, 3.63) is 34.0 Å². The maximum Gasteiger partial charge on any atom is 0.319 e. The number of unbranched alkanes of at least 4 members (excludes halogenated alkanes) is 11. The number of rotatable bonds is 18. The number of aromatic amines is 1. The summed E-state index contributed by atoms with van der Waals surface area (Å²) in [5.74, 6) is 0.367. The number of aryl methyl sites for hydroxylation is 2. The van der Waals surface area contributed by atoms with Crippen LogP contribution in [0.15, 0.2) is 12.1 Å². The lowest BCUT2D eigenvalue weighted by atomic mass is 9.92. The molecule has 0 aliphatic carbocycles. The third-order valence-corrected chi connectivity index (χ3v) is 8.21. The molecule has 0 atom stereocenters. The second-order valence-electron chi connectivity index (χ2n) is 12.9. The van der Waals surface area contributed by atoms with Gasteiger partial charge in [-0.3, -0.25) is 4.79 Å². The van der Waals surface area contributed by atoms with Crippen LogP contribution in [0.2, 0.25) is 5.02 Å². The van der Waals surface area contributed by atoms with E-state index in [0.29, 0.717) is 28.8 Å². The van der Waals surface area contributed by atoms with E-state index in [0.717, 1.165) is 35.2 Å². The Bertz CT molecular complexity index is 1330. The third kappa shape index (κ3) is 10.8. The summed E-state index contributed by atoms with van der Waals surface area (Å²) in [6.07, 6.45) is 15.4. The zero-order chi connectivity index (χ0) is 32.1. The summed E-state index contributed by atoms with van der Waals surface area (Å²) in [6.45, 7) is 13.0. The lowest BCUT2D eigenvalue weighted by Crippen LogP contribution is -2.31. The van der Waals surface area contributed by atoms with Gasteiger partial charge in [0.25, 0.3) is 0 Å². The Kier molecular flexibility index (Phi) is 14.0. The van der Waals surface area contributed by atoms with Crippen molar-refractivity contribution in [3.8, 4) is 11.4 Å². The number of hydrogen-bond donors (Lipinski definition) is 3. The number of amides is 2. The molecule has 0 aliphatic heterocycles. The quantitative estimate of drug-likeness (QED) is 0.0960. The molecule has 0 aliphatic rings. The van der Waals surface area contributed by atoms with Gasteiger partial charge in [0.15, 0.2) is 11.5 Å². The Balaban J connectivity index is 1.33. The van der Waals surface area contributed by atoms with Gasteiger partial charge >= 0.3 is 12.0 Å². The van der Waals surface area contributed by atoms with Crippen LogP contribution >= 0.6 is 11.6 Å². The summed E-state index contributed by atoms with van der Waals surface area (Å²) in [4.78, 5) is 27.8. The van der Waals surface area contributed by atoms with Crippen LogP contribution in [-0.2, 0) is 14.9 Å². The molecule has 2 aromatic heterocycles. The van der Waals surface area contributed by atoms with Gasteiger partial charge in [-0.2, -0.15) is 5.10 Å². The fourth-order valence-electron chi connectivity index (χ4n) is 5.45. The van der Waals surface area contributed by atoms with Gasteiger partial charge in [0.2, 0.25) is 0 Å². The largest absolute Gasteiger partial charge is 0.466 e. The average Bonchev–Trinajstić information content (AvgIpc) is 3.49. The fraction of sp³-hybridized carbons (Fsp3) is 0.647. The van der Waals surface area contributed by atoms with Crippen LogP contribution in [0.5, 0.6) is 0 Å². The van der Waals surface area contributed by atoms with Crippen molar-refractivity contribution in [1.29, 1.82) is 0 Å². The first-order valence-electron chi connectivity index (χ1n) is 16.5. The van der Waals surface area contributed by atoms with E-state index < -0.39 is 0 Å². The molecule has 0 unspecified atom stereocenters. The van der Waals surface area contributed by atoms with E-state index in [9.17, 15) is 9.59 Å². The van der Waals surface area contributed by atoms with Gasteiger partial charge in [-0.1, -0.05) is 110 Å². The second-order valence-corrected chi connectivity index (χ2v) is 13.3. The number of nitrogens with zero attached hydrogens (tertiary/aromatic N) is 3. The number of anilines is 1. The lowest BCUT2D eigenvalue weighted by molar-refractivity contribution is -0.143. The summed E-state index contributed by atoms with van der Waals surface area (Å²) < 4.78 is 6.88. The zero-order valence-corrected chi connectivity index (χ0v) is 28.5. The molecule has 3 rings (SSSR count). The van der Waals surface area contributed by atoms with Crippen LogP contribution < -0.4 is 10.6 Å². The van der Waals surface area contributed by atoms with Crippen molar-refractivity contribution in [2.75, 3.05) is 18.5 Å². The molecular weight excluding hydrogens is 576 g/mol. The second kappa shape index (κ2) is 17.4. The molecule has 244 valence electrons. The van der Waals surface area contributed by atoms with E-state index in [1.807, 2.05) is 26.0 Å². The number of aromatic nitrogens is 4. The van der Waals surface area contributed by atoms with Gasteiger partial charge in [0.05, 0.1) is 18.7 Å². The third-order valence-electron chi connectivity index (χ3n) is 7.86. The molecule has 2 heterocycles. The van der Waals surface area contributed by atoms with Gasteiger partial charge in [-0.25, -0.2) is 4.79 Å². The number of nitrogens with one attached hydrogen (secondary N) is 3. The Morgan fingerprint density at radius 2 is 1.48 bits per heavy atom. The summed E-state index contributed by atoms with van der Waals surface area (Å²) in [7, 11) is 0. The van der Waals surface area contributed by atoms with Gasteiger partial charge in [-0.05, 0) is 43.5 Å². The van der Waals surface area contributed by atoms with Gasteiger partial charge < -0.3 is 20.4 Å². The molecule has 10 heteroatoms. The summed E-state index contributed by atoms with van der Waals surface area (Å²) in [5, 5.41) is 15.4. The maximum absolute atomic E-state index is 12.5. The monoisotopic (exact) mass is 628 g/mol. The highest BCUT2D eigenvalue weighted by Gasteiger charge is 2.25. The number of carbonyl (C=O) groups excluding carboxylic acids is 2. The van der Waals surface area contributed by atoms with Crippen molar-refractivity contribution < 1.29 is 14.3 Å². The van der Waals surface area contributed by atoms with Gasteiger partial charge in [-0.15, -0.1) is 9.73 Å². The van der Waals surface area contributed by atoms with Gasteiger partial charge in [0, 0.05) is 23.2 Å². The van der Waals surface area contributed by atoms with Gasteiger partial charge in [0.1, 0.15) is 5.02 Å². The number of carbonyl (C=O) groups is 2. The molecule has 9 nitrogen and oxygen atoms in total. The molecule has 0 bridgehead atoms. The fourth-order valence-corrected chi connectivity index (χ4v) is 5.90. The molecule has 0 saturated heterocycles. The van der Waals surface area contributed by atoms with Crippen molar-refractivity contribution in [2.45, 2.75) is 130 Å².